The quantitative estimate of drug-likeness (QED) is 0.650. The van der Waals surface area contributed by atoms with Gasteiger partial charge in [-0.1, -0.05) is 45.0 Å². The van der Waals surface area contributed by atoms with Crippen LogP contribution in [0.3, 0.4) is 0 Å². The van der Waals surface area contributed by atoms with Crippen LogP contribution in [0.2, 0.25) is 0 Å². The molecule has 1 nitrogen and oxygen atoms in total. The van der Waals surface area contributed by atoms with Crippen LogP contribution in [-0.2, 0) is 9.84 Å². The van der Waals surface area contributed by atoms with Crippen LogP contribution < -0.4 is 5.19 Å². The minimum absolute atomic E-state index is 0.210. The molecule has 0 amide bonds. The van der Waals surface area contributed by atoms with Gasteiger partial charge < -0.3 is 4.43 Å². The van der Waals surface area contributed by atoms with E-state index in [0.717, 1.165) is 0 Å². The summed E-state index contributed by atoms with van der Waals surface area (Å²) >= 11 is 0. The van der Waals surface area contributed by atoms with E-state index in [1.165, 1.54) is 10.8 Å². The van der Waals surface area contributed by atoms with E-state index in [0.29, 0.717) is 9.76 Å². The molecule has 0 heterocycles. The normalized spacial score (nSPS) is 11.7. The molecule has 2 radical (unpaired) electrons. The minimum atomic E-state index is 0.210. The topological polar surface area (TPSA) is 9.23 Å². The minimum Gasteiger partial charge on any atom is -0.415 e. The zero-order valence-corrected chi connectivity index (χ0v) is 9.72. The average Bonchev–Trinajstić information content (AvgIpc) is 2.04. The van der Waals surface area contributed by atoms with Gasteiger partial charge in [0.1, 0.15) is 0 Å². The third-order valence-electron chi connectivity index (χ3n) is 1.95. The van der Waals surface area contributed by atoms with Gasteiger partial charge in [0, 0.05) is 7.11 Å². The van der Waals surface area contributed by atoms with Crippen molar-refractivity contribution in [3.63, 3.8) is 0 Å². The zero-order chi connectivity index (χ0) is 9.90. The highest BCUT2D eigenvalue weighted by molar-refractivity contribution is 6.47. The smallest absolute Gasteiger partial charge is 0.268 e. The fourth-order valence-electron chi connectivity index (χ4n) is 1.34. The predicted molar refractivity (Wildman–Crippen MR) is 57.5 cm³/mol. The standard InChI is InChI=1S/C11H16OSi/c1-11(2,3)9-7-5-6-8-10(9)13-12-4/h5-8H,1-4H3. The highest BCUT2D eigenvalue weighted by Gasteiger charge is 2.17. The Balaban J connectivity index is 3.05. The summed E-state index contributed by atoms with van der Waals surface area (Å²) in [6.07, 6.45) is 0. The molecule has 1 aromatic rings. The van der Waals surface area contributed by atoms with Gasteiger partial charge in [0.2, 0.25) is 0 Å². The molecule has 2 heteroatoms. The Morgan fingerprint density at radius 3 is 2.31 bits per heavy atom. The van der Waals surface area contributed by atoms with Crippen molar-refractivity contribution in [2.75, 3.05) is 7.11 Å². The summed E-state index contributed by atoms with van der Waals surface area (Å²) in [6, 6.07) is 8.48. The highest BCUT2D eigenvalue weighted by Crippen LogP contribution is 2.19. The molecule has 0 aliphatic heterocycles. The molecule has 1 rings (SSSR count). The molecular weight excluding hydrogens is 176 g/mol. The Hall–Kier alpha value is -0.603. The van der Waals surface area contributed by atoms with Gasteiger partial charge >= 0.3 is 0 Å². The van der Waals surface area contributed by atoms with Crippen molar-refractivity contribution in [1.29, 1.82) is 0 Å². The van der Waals surface area contributed by atoms with Gasteiger partial charge in [0.15, 0.2) is 0 Å². The first kappa shape index (κ1) is 10.5. The number of rotatable bonds is 2. The number of hydrogen-bond acceptors (Lipinski definition) is 1. The van der Waals surface area contributed by atoms with Crippen LogP contribution in [0.4, 0.5) is 0 Å². The molecule has 1 aromatic carbocycles. The Labute approximate surface area is 83.1 Å². The summed E-state index contributed by atoms with van der Waals surface area (Å²) in [5, 5.41) is 1.32. The van der Waals surface area contributed by atoms with E-state index in [-0.39, 0.29) is 5.41 Å². The van der Waals surface area contributed by atoms with Gasteiger partial charge in [-0.15, -0.1) is 0 Å². The van der Waals surface area contributed by atoms with Gasteiger partial charge in [-0.05, 0) is 16.2 Å². The molecule has 0 saturated carbocycles. The van der Waals surface area contributed by atoms with Gasteiger partial charge in [0.25, 0.3) is 9.76 Å². The van der Waals surface area contributed by atoms with Gasteiger partial charge in [0.05, 0.1) is 0 Å². The molecule has 0 aliphatic carbocycles. The average molecular weight is 192 g/mol. The van der Waals surface area contributed by atoms with Crippen LogP contribution in [0.15, 0.2) is 24.3 Å². The molecular formula is C11H16OSi. The first-order valence-electron chi connectivity index (χ1n) is 4.44. The zero-order valence-electron chi connectivity index (χ0n) is 8.72. The maximum Gasteiger partial charge on any atom is 0.268 e. The molecule has 0 aromatic heterocycles. The SMILES string of the molecule is CO[Si]c1ccccc1C(C)(C)C. The second-order valence-electron chi connectivity index (χ2n) is 4.10. The Kier molecular flexibility index (Phi) is 3.28. The second kappa shape index (κ2) is 4.07. The summed E-state index contributed by atoms with van der Waals surface area (Å²) in [4.78, 5) is 0. The lowest BCUT2D eigenvalue weighted by molar-refractivity contribution is 0.449. The maximum atomic E-state index is 5.19. The molecule has 0 saturated heterocycles. The van der Waals surface area contributed by atoms with E-state index in [2.05, 4.69) is 45.0 Å². The lowest BCUT2D eigenvalue weighted by Gasteiger charge is -2.22. The van der Waals surface area contributed by atoms with E-state index in [1.807, 2.05) is 0 Å². The van der Waals surface area contributed by atoms with Crippen molar-refractivity contribution in [2.45, 2.75) is 26.2 Å². The van der Waals surface area contributed by atoms with Crippen LogP contribution >= 0.6 is 0 Å². The lowest BCUT2D eigenvalue weighted by atomic mass is 9.87. The van der Waals surface area contributed by atoms with Gasteiger partial charge in [-0.25, -0.2) is 0 Å². The molecule has 13 heavy (non-hydrogen) atoms. The van der Waals surface area contributed by atoms with E-state index >= 15 is 0 Å². The first-order chi connectivity index (χ1) is 6.05. The van der Waals surface area contributed by atoms with Crippen LogP contribution in [0.1, 0.15) is 26.3 Å². The van der Waals surface area contributed by atoms with Crippen molar-refractivity contribution < 1.29 is 4.43 Å². The first-order valence-corrected chi connectivity index (χ1v) is 5.35. The molecule has 0 unspecified atom stereocenters. The van der Waals surface area contributed by atoms with Gasteiger partial charge in [-0.3, -0.25) is 0 Å². The van der Waals surface area contributed by atoms with Crippen molar-refractivity contribution in [3.05, 3.63) is 29.8 Å². The predicted octanol–water partition coefficient (Wildman–Crippen LogP) is 1.87. The fourth-order valence-corrected chi connectivity index (χ4v) is 2.29. The van der Waals surface area contributed by atoms with E-state index < -0.39 is 0 Å². The van der Waals surface area contributed by atoms with Crippen molar-refractivity contribution in [1.82, 2.24) is 0 Å². The van der Waals surface area contributed by atoms with E-state index in [1.54, 1.807) is 7.11 Å². The van der Waals surface area contributed by atoms with E-state index in [9.17, 15) is 0 Å². The molecule has 0 bridgehead atoms. The maximum absolute atomic E-state index is 5.19. The molecule has 70 valence electrons. The Morgan fingerprint density at radius 1 is 1.15 bits per heavy atom. The van der Waals surface area contributed by atoms with Crippen LogP contribution in [-0.4, -0.2) is 16.9 Å². The molecule has 0 aliphatic rings. The fraction of sp³-hybridized carbons (Fsp3) is 0.455. The van der Waals surface area contributed by atoms with Crippen LogP contribution in [0, 0.1) is 0 Å². The summed E-state index contributed by atoms with van der Waals surface area (Å²) in [5.74, 6) is 0. The summed E-state index contributed by atoms with van der Waals surface area (Å²) in [5.41, 5.74) is 1.59. The molecule has 0 fully saturated rings. The van der Waals surface area contributed by atoms with Crippen molar-refractivity contribution in [2.24, 2.45) is 0 Å². The summed E-state index contributed by atoms with van der Waals surface area (Å²) < 4.78 is 5.19. The molecule has 0 atom stereocenters. The van der Waals surface area contributed by atoms with Crippen LogP contribution in [0.5, 0.6) is 0 Å². The Morgan fingerprint density at radius 2 is 1.77 bits per heavy atom. The second-order valence-corrected chi connectivity index (χ2v) is 5.25. The molecule has 0 N–H and O–H groups in total. The Bertz CT molecular complexity index is 276. The largest absolute Gasteiger partial charge is 0.415 e. The third kappa shape index (κ3) is 2.67. The van der Waals surface area contributed by atoms with Crippen molar-refractivity contribution >= 4 is 14.9 Å². The van der Waals surface area contributed by atoms with E-state index in [4.69, 9.17) is 4.43 Å². The third-order valence-corrected chi connectivity index (χ3v) is 2.81. The molecule has 0 spiro atoms. The lowest BCUT2D eigenvalue weighted by Crippen LogP contribution is -2.28. The van der Waals surface area contributed by atoms with Gasteiger partial charge in [-0.2, -0.15) is 0 Å². The monoisotopic (exact) mass is 192 g/mol. The highest BCUT2D eigenvalue weighted by atomic mass is 28.2. The summed E-state index contributed by atoms with van der Waals surface area (Å²) in [7, 11) is 2.21. The number of hydrogen-bond donors (Lipinski definition) is 0. The number of benzene rings is 1. The summed E-state index contributed by atoms with van der Waals surface area (Å²) in [6.45, 7) is 6.68. The van der Waals surface area contributed by atoms with Crippen LogP contribution in [0.25, 0.3) is 0 Å². The van der Waals surface area contributed by atoms with Crippen molar-refractivity contribution in [3.8, 4) is 0 Å².